The maximum atomic E-state index is 13.8. The van der Waals surface area contributed by atoms with Crippen molar-refractivity contribution >= 4 is 18.5 Å². The molecule has 0 atom stereocenters. The molecule has 0 aromatic heterocycles. The van der Waals surface area contributed by atoms with Crippen LogP contribution < -0.4 is 16.7 Å². The van der Waals surface area contributed by atoms with Gasteiger partial charge < -0.3 is 10.8 Å². The molecule has 1 aromatic rings. The van der Waals surface area contributed by atoms with Gasteiger partial charge in [-0.25, -0.2) is 5.48 Å². The molecule has 0 bridgehead atoms. The van der Waals surface area contributed by atoms with Crippen LogP contribution >= 0.6 is 0 Å². The number of hydroxylamine groups is 1. The van der Waals surface area contributed by atoms with E-state index in [0.29, 0.717) is 6.07 Å². The highest BCUT2D eigenvalue weighted by atomic mass is 19.4. The van der Waals surface area contributed by atoms with Crippen molar-refractivity contribution in [2.24, 2.45) is 5.73 Å². The number of nitrogens with one attached hydrogen (secondary N) is 1. The van der Waals surface area contributed by atoms with Crippen LogP contribution in [0.3, 0.4) is 0 Å². The Balaban J connectivity index is 3.17. The van der Waals surface area contributed by atoms with Gasteiger partial charge in [0.05, 0.1) is 0 Å². The molecule has 0 fully saturated rings. The topological polar surface area (TPSA) is 84.6 Å². The van der Waals surface area contributed by atoms with E-state index in [1.807, 2.05) is 0 Å². The summed E-state index contributed by atoms with van der Waals surface area (Å²) >= 11 is 0. The fourth-order valence-corrected chi connectivity index (χ4v) is 1.71. The largest absolute Gasteiger partial charge is 0.514 e. The van der Waals surface area contributed by atoms with E-state index in [-0.39, 0.29) is 19.0 Å². The van der Waals surface area contributed by atoms with Crippen molar-refractivity contribution in [3.63, 3.8) is 0 Å². The number of hydrogen-bond donors (Lipinski definition) is 3. The minimum atomic E-state index is -6.54. The van der Waals surface area contributed by atoms with Gasteiger partial charge in [0.25, 0.3) is 0 Å². The summed E-state index contributed by atoms with van der Waals surface area (Å²) in [6, 6.07) is 2.70. The lowest BCUT2D eigenvalue weighted by atomic mass is 9.74. The van der Waals surface area contributed by atoms with Crippen LogP contribution in [0.15, 0.2) is 24.3 Å². The first kappa shape index (κ1) is 21.2. The highest BCUT2D eigenvalue weighted by Crippen LogP contribution is 2.51. The number of hydrogen-bond acceptors (Lipinski definition) is 4. The second-order valence-electron chi connectivity index (χ2n) is 4.77. The van der Waals surface area contributed by atoms with Gasteiger partial charge in [-0.05, 0) is 5.46 Å². The standard InChI is InChI=1S/C12H12BF7N2O3/c14-10(15,11(16,17)12(18,19)20)7-3-1-2-4-8(7)13(24)25-22-9(23)5-6-21/h1-4,24H,5-6,21H2,(H,22,23). The summed E-state index contributed by atoms with van der Waals surface area (Å²) in [5.41, 5.74) is 3.77. The number of carbonyl (C=O) groups excluding carboxylic acids is 1. The lowest BCUT2D eigenvalue weighted by Crippen LogP contribution is -2.53. The first-order valence-corrected chi connectivity index (χ1v) is 6.60. The lowest BCUT2D eigenvalue weighted by Gasteiger charge is -2.30. The second-order valence-corrected chi connectivity index (χ2v) is 4.77. The maximum Gasteiger partial charge on any atom is 0.514 e. The molecule has 0 radical (unpaired) electrons. The minimum Gasteiger partial charge on any atom is -0.422 e. The summed E-state index contributed by atoms with van der Waals surface area (Å²) in [5, 5.41) is 9.62. The SMILES string of the molecule is NCCC(=O)NOB(O)c1ccccc1C(F)(F)C(F)(F)C(F)(F)F. The third-order valence-corrected chi connectivity index (χ3v) is 2.97. The Morgan fingerprint density at radius 2 is 1.72 bits per heavy atom. The molecule has 0 unspecified atom stereocenters. The van der Waals surface area contributed by atoms with Crippen LogP contribution in [0.1, 0.15) is 12.0 Å². The first-order chi connectivity index (χ1) is 11.4. The van der Waals surface area contributed by atoms with Crippen LogP contribution in [0.25, 0.3) is 0 Å². The molecule has 4 N–H and O–H groups in total. The summed E-state index contributed by atoms with van der Waals surface area (Å²) in [4.78, 5) is 11.1. The van der Waals surface area contributed by atoms with Crippen LogP contribution in [-0.4, -0.2) is 36.7 Å². The van der Waals surface area contributed by atoms with E-state index in [0.717, 1.165) is 12.1 Å². The van der Waals surface area contributed by atoms with Gasteiger partial charge >= 0.3 is 25.1 Å². The molecule has 0 saturated carbocycles. The Kier molecular flexibility index (Phi) is 6.42. The smallest absolute Gasteiger partial charge is 0.422 e. The zero-order chi connectivity index (χ0) is 19.5. The zero-order valence-electron chi connectivity index (χ0n) is 12.3. The number of nitrogens with two attached hydrogens (primary N) is 1. The first-order valence-electron chi connectivity index (χ1n) is 6.60. The molecule has 0 aliphatic carbocycles. The van der Waals surface area contributed by atoms with E-state index in [2.05, 4.69) is 4.76 Å². The quantitative estimate of drug-likeness (QED) is 0.378. The molecular weight excluding hydrogens is 364 g/mol. The van der Waals surface area contributed by atoms with Crippen LogP contribution in [0.4, 0.5) is 30.7 Å². The van der Waals surface area contributed by atoms with Crippen molar-refractivity contribution in [1.82, 2.24) is 5.48 Å². The molecule has 0 aliphatic heterocycles. The predicted molar refractivity (Wildman–Crippen MR) is 71.8 cm³/mol. The van der Waals surface area contributed by atoms with Gasteiger partial charge in [0.1, 0.15) is 0 Å². The molecule has 140 valence electrons. The van der Waals surface area contributed by atoms with Gasteiger partial charge in [-0.3, -0.25) is 9.55 Å². The Bertz CT molecular complexity index is 613. The summed E-state index contributed by atoms with van der Waals surface area (Å²) in [5.74, 6) is -13.0. The Morgan fingerprint density at radius 1 is 1.16 bits per heavy atom. The predicted octanol–water partition coefficient (Wildman–Crippen LogP) is 1.06. The Hall–Kier alpha value is -1.86. The van der Waals surface area contributed by atoms with E-state index in [9.17, 15) is 40.6 Å². The van der Waals surface area contributed by atoms with Crippen molar-refractivity contribution in [3.05, 3.63) is 29.8 Å². The van der Waals surface area contributed by atoms with Crippen molar-refractivity contribution in [2.75, 3.05) is 6.54 Å². The van der Waals surface area contributed by atoms with Gasteiger partial charge in [0.2, 0.25) is 5.91 Å². The fraction of sp³-hybridized carbons (Fsp3) is 0.417. The third kappa shape index (κ3) is 4.41. The van der Waals surface area contributed by atoms with E-state index >= 15 is 0 Å². The number of carbonyl (C=O) groups is 1. The normalized spacial score (nSPS) is 12.8. The molecule has 1 rings (SSSR count). The second kappa shape index (κ2) is 7.58. The van der Waals surface area contributed by atoms with Crippen LogP contribution in [-0.2, 0) is 15.5 Å². The fourth-order valence-electron chi connectivity index (χ4n) is 1.71. The van der Waals surface area contributed by atoms with Crippen LogP contribution in [0.5, 0.6) is 0 Å². The van der Waals surface area contributed by atoms with Gasteiger partial charge in [-0.15, -0.1) is 0 Å². The summed E-state index contributed by atoms with van der Waals surface area (Å²) in [7, 11) is -2.42. The highest BCUT2D eigenvalue weighted by Gasteiger charge is 2.74. The minimum absolute atomic E-state index is 0.113. The van der Waals surface area contributed by atoms with Gasteiger partial charge in [-0.2, -0.15) is 30.7 Å². The number of alkyl halides is 7. The molecule has 0 heterocycles. The summed E-state index contributed by atoms with van der Waals surface area (Å²) < 4.78 is 95.2. The molecule has 5 nitrogen and oxygen atoms in total. The van der Waals surface area contributed by atoms with E-state index < -0.39 is 42.1 Å². The van der Waals surface area contributed by atoms with Gasteiger partial charge in [-0.1, -0.05) is 24.3 Å². The molecular formula is C12H12BF7N2O3. The average molecular weight is 376 g/mol. The van der Waals surface area contributed by atoms with E-state index in [1.165, 1.54) is 0 Å². The molecule has 0 aliphatic rings. The zero-order valence-corrected chi connectivity index (χ0v) is 12.3. The van der Waals surface area contributed by atoms with Gasteiger partial charge in [0, 0.05) is 18.5 Å². The molecule has 25 heavy (non-hydrogen) atoms. The van der Waals surface area contributed by atoms with Crippen molar-refractivity contribution in [1.29, 1.82) is 0 Å². The Labute approximate surface area is 137 Å². The number of benzene rings is 1. The van der Waals surface area contributed by atoms with Crippen molar-refractivity contribution in [3.8, 4) is 0 Å². The number of rotatable bonds is 7. The molecule has 0 saturated heterocycles. The van der Waals surface area contributed by atoms with Gasteiger partial charge in [0.15, 0.2) is 0 Å². The molecule has 0 spiro atoms. The van der Waals surface area contributed by atoms with E-state index in [1.54, 1.807) is 5.48 Å². The number of halogens is 7. The number of amides is 1. The summed E-state index contributed by atoms with van der Waals surface area (Å²) in [6.45, 7) is -0.113. The van der Waals surface area contributed by atoms with Crippen molar-refractivity contribution < 1.29 is 45.3 Å². The average Bonchev–Trinajstić information content (AvgIpc) is 2.51. The monoisotopic (exact) mass is 376 g/mol. The maximum absolute atomic E-state index is 13.8. The van der Waals surface area contributed by atoms with Crippen LogP contribution in [0, 0.1) is 0 Å². The third-order valence-electron chi connectivity index (χ3n) is 2.97. The molecule has 13 heteroatoms. The Morgan fingerprint density at radius 3 is 2.24 bits per heavy atom. The van der Waals surface area contributed by atoms with Crippen LogP contribution in [0.2, 0.25) is 0 Å². The molecule has 1 amide bonds. The lowest BCUT2D eigenvalue weighted by molar-refractivity contribution is -0.359. The van der Waals surface area contributed by atoms with Crippen molar-refractivity contribution in [2.45, 2.75) is 24.4 Å². The highest BCUT2D eigenvalue weighted by molar-refractivity contribution is 6.60. The molecule has 1 aromatic carbocycles. The van der Waals surface area contributed by atoms with E-state index in [4.69, 9.17) is 5.73 Å². The summed E-state index contributed by atoms with van der Waals surface area (Å²) in [6.07, 6.45) is -6.80.